The van der Waals surface area contributed by atoms with Crippen LogP contribution in [0.3, 0.4) is 0 Å². The van der Waals surface area contributed by atoms with Gasteiger partial charge in [-0.2, -0.15) is 0 Å². The Balaban J connectivity index is 1.96. The molecule has 0 bridgehead atoms. The molecule has 1 aliphatic rings. The Morgan fingerprint density at radius 2 is 2.40 bits per heavy atom. The van der Waals surface area contributed by atoms with Crippen molar-refractivity contribution in [2.45, 2.75) is 26.2 Å². The van der Waals surface area contributed by atoms with Crippen LogP contribution in [0.1, 0.15) is 26.2 Å². The number of aromatic nitrogens is 2. The van der Waals surface area contributed by atoms with Crippen LogP contribution in [0.25, 0.3) is 0 Å². The molecule has 4 heteroatoms. The van der Waals surface area contributed by atoms with Crippen molar-refractivity contribution in [3.05, 3.63) is 18.7 Å². The second-order valence-electron chi connectivity index (χ2n) is 4.09. The van der Waals surface area contributed by atoms with Gasteiger partial charge in [0.1, 0.15) is 6.33 Å². The molecule has 0 aromatic carbocycles. The van der Waals surface area contributed by atoms with E-state index >= 15 is 0 Å². The predicted molar refractivity (Wildman–Crippen MR) is 57.6 cm³/mol. The van der Waals surface area contributed by atoms with Gasteiger partial charge in [-0.1, -0.05) is 6.42 Å². The molecule has 4 nitrogen and oxygen atoms in total. The summed E-state index contributed by atoms with van der Waals surface area (Å²) in [5.41, 5.74) is 0. The van der Waals surface area contributed by atoms with E-state index in [1.807, 2.05) is 11.8 Å². The van der Waals surface area contributed by atoms with E-state index in [9.17, 15) is 4.79 Å². The fourth-order valence-corrected chi connectivity index (χ4v) is 1.87. The van der Waals surface area contributed by atoms with E-state index in [1.54, 1.807) is 23.3 Å². The summed E-state index contributed by atoms with van der Waals surface area (Å²) in [5.74, 6) is 0.720. The molecule has 82 valence electrons. The molecule has 0 atom stereocenters. The van der Waals surface area contributed by atoms with Crippen molar-refractivity contribution in [1.29, 1.82) is 0 Å². The minimum Gasteiger partial charge on any atom is -0.324 e. The van der Waals surface area contributed by atoms with E-state index in [1.165, 1.54) is 19.3 Å². The summed E-state index contributed by atoms with van der Waals surface area (Å²) in [6.45, 7) is 3.69. The van der Waals surface area contributed by atoms with Crippen molar-refractivity contribution in [1.82, 2.24) is 14.5 Å². The van der Waals surface area contributed by atoms with Crippen LogP contribution in [-0.2, 0) is 0 Å². The maximum atomic E-state index is 12.0. The van der Waals surface area contributed by atoms with Crippen molar-refractivity contribution in [2.24, 2.45) is 5.92 Å². The van der Waals surface area contributed by atoms with Gasteiger partial charge in [0.2, 0.25) is 0 Å². The molecule has 1 amide bonds. The number of amides is 1. The Hall–Kier alpha value is -1.32. The highest BCUT2D eigenvalue weighted by molar-refractivity contribution is 5.76. The molecule has 0 aliphatic heterocycles. The quantitative estimate of drug-likeness (QED) is 0.760. The lowest BCUT2D eigenvalue weighted by Gasteiger charge is -2.31. The topological polar surface area (TPSA) is 38.1 Å². The Bertz CT molecular complexity index is 317. The Labute approximate surface area is 89.9 Å². The van der Waals surface area contributed by atoms with Crippen LogP contribution in [0, 0.1) is 5.92 Å². The van der Waals surface area contributed by atoms with Gasteiger partial charge in [-0.3, -0.25) is 4.57 Å². The lowest BCUT2D eigenvalue weighted by molar-refractivity contribution is 0.172. The zero-order valence-electron chi connectivity index (χ0n) is 9.09. The molecule has 1 aromatic rings. The van der Waals surface area contributed by atoms with Crippen molar-refractivity contribution in [3.63, 3.8) is 0 Å². The largest absolute Gasteiger partial charge is 0.329 e. The number of carbonyl (C=O) groups is 1. The van der Waals surface area contributed by atoms with Crippen molar-refractivity contribution >= 4 is 6.03 Å². The Morgan fingerprint density at radius 3 is 2.87 bits per heavy atom. The van der Waals surface area contributed by atoms with E-state index in [0.29, 0.717) is 0 Å². The SMILES string of the molecule is CCN(CC1CCC1)C(=O)n1ccnc1. The molecule has 2 rings (SSSR count). The van der Waals surface area contributed by atoms with Gasteiger partial charge in [-0.25, -0.2) is 9.78 Å². The smallest absolute Gasteiger partial charge is 0.324 e. The van der Waals surface area contributed by atoms with Gasteiger partial charge in [0.15, 0.2) is 0 Å². The van der Waals surface area contributed by atoms with Gasteiger partial charge < -0.3 is 4.90 Å². The number of imidazole rings is 1. The Morgan fingerprint density at radius 1 is 1.60 bits per heavy atom. The van der Waals surface area contributed by atoms with Gasteiger partial charge in [0.25, 0.3) is 0 Å². The summed E-state index contributed by atoms with van der Waals surface area (Å²) in [5, 5.41) is 0. The summed E-state index contributed by atoms with van der Waals surface area (Å²) in [4.78, 5) is 17.7. The lowest BCUT2D eigenvalue weighted by atomic mass is 9.85. The van der Waals surface area contributed by atoms with E-state index < -0.39 is 0 Å². The summed E-state index contributed by atoms with van der Waals surface area (Å²) in [7, 11) is 0. The fraction of sp³-hybridized carbons (Fsp3) is 0.636. The molecule has 0 spiro atoms. The first kappa shape index (κ1) is 10.2. The number of carbonyl (C=O) groups excluding carboxylic acids is 1. The third kappa shape index (κ3) is 2.19. The van der Waals surface area contributed by atoms with Crippen LogP contribution >= 0.6 is 0 Å². The summed E-state index contributed by atoms with van der Waals surface area (Å²) >= 11 is 0. The first-order valence-corrected chi connectivity index (χ1v) is 5.58. The first-order chi connectivity index (χ1) is 7.31. The van der Waals surface area contributed by atoms with Crippen LogP contribution < -0.4 is 0 Å². The van der Waals surface area contributed by atoms with E-state index in [4.69, 9.17) is 0 Å². The molecule has 1 saturated carbocycles. The third-order valence-corrected chi connectivity index (χ3v) is 3.08. The van der Waals surface area contributed by atoms with Crippen LogP contribution in [0.15, 0.2) is 18.7 Å². The highest BCUT2D eigenvalue weighted by Crippen LogP contribution is 2.27. The van der Waals surface area contributed by atoms with Crippen LogP contribution in [-0.4, -0.2) is 33.6 Å². The fourth-order valence-electron chi connectivity index (χ4n) is 1.87. The number of nitrogens with zero attached hydrogens (tertiary/aromatic N) is 3. The Kier molecular flexibility index (Phi) is 3.04. The second-order valence-corrected chi connectivity index (χ2v) is 4.09. The molecular formula is C11H17N3O. The van der Waals surface area contributed by atoms with Crippen molar-refractivity contribution in [3.8, 4) is 0 Å². The number of hydrogen-bond donors (Lipinski definition) is 0. The van der Waals surface area contributed by atoms with Gasteiger partial charge in [0, 0.05) is 25.5 Å². The normalized spacial score (nSPS) is 16.1. The lowest BCUT2D eigenvalue weighted by Crippen LogP contribution is -2.39. The molecule has 1 aromatic heterocycles. The monoisotopic (exact) mass is 207 g/mol. The predicted octanol–water partition coefficient (Wildman–Crippen LogP) is 1.97. The van der Waals surface area contributed by atoms with E-state index in [-0.39, 0.29) is 6.03 Å². The zero-order chi connectivity index (χ0) is 10.7. The maximum Gasteiger partial charge on any atom is 0.329 e. The first-order valence-electron chi connectivity index (χ1n) is 5.58. The average Bonchev–Trinajstić information content (AvgIpc) is 2.68. The van der Waals surface area contributed by atoms with Crippen LogP contribution in [0.5, 0.6) is 0 Å². The van der Waals surface area contributed by atoms with E-state index in [0.717, 1.165) is 19.0 Å². The van der Waals surface area contributed by atoms with Crippen molar-refractivity contribution < 1.29 is 4.79 Å². The zero-order valence-corrected chi connectivity index (χ0v) is 9.09. The maximum absolute atomic E-state index is 12.0. The molecule has 1 heterocycles. The highest BCUT2D eigenvalue weighted by Gasteiger charge is 2.23. The molecule has 15 heavy (non-hydrogen) atoms. The molecular weight excluding hydrogens is 190 g/mol. The molecule has 0 radical (unpaired) electrons. The van der Waals surface area contributed by atoms with Crippen LogP contribution in [0.2, 0.25) is 0 Å². The average molecular weight is 207 g/mol. The van der Waals surface area contributed by atoms with Gasteiger partial charge in [-0.15, -0.1) is 0 Å². The summed E-state index contributed by atoms with van der Waals surface area (Å²) < 4.78 is 1.54. The highest BCUT2D eigenvalue weighted by atomic mass is 16.2. The minimum absolute atomic E-state index is 0.0434. The number of hydrogen-bond acceptors (Lipinski definition) is 2. The molecule has 1 fully saturated rings. The van der Waals surface area contributed by atoms with Crippen LogP contribution in [0.4, 0.5) is 4.79 Å². The van der Waals surface area contributed by atoms with Gasteiger partial charge in [-0.05, 0) is 25.7 Å². The second kappa shape index (κ2) is 4.47. The summed E-state index contributed by atoms with van der Waals surface area (Å²) in [6, 6.07) is 0.0434. The van der Waals surface area contributed by atoms with E-state index in [2.05, 4.69) is 4.98 Å². The molecule has 0 unspecified atom stereocenters. The number of rotatable bonds is 3. The van der Waals surface area contributed by atoms with Gasteiger partial charge >= 0.3 is 6.03 Å². The minimum atomic E-state index is 0.0434. The molecule has 0 saturated heterocycles. The van der Waals surface area contributed by atoms with Gasteiger partial charge in [0.05, 0.1) is 0 Å². The summed E-state index contributed by atoms with van der Waals surface area (Å²) in [6.07, 6.45) is 8.76. The standard InChI is InChI=1S/C11H17N3O/c1-2-13(8-10-4-3-5-10)11(15)14-7-6-12-9-14/h6-7,9-10H,2-5,8H2,1H3. The molecule has 1 aliphatic carbocycles. The third-order valence-electron chi connectivity index (χ3n) is 3.08. The molecule has 0 N–H and O–H groups in total. The van der Waals surface area contributed by atoms with Crippen molar-refractivity contribution in [2.75, 3.05) is 13.1 Å².